The first-order valence-corrected chi connectivity index (χ1v) is 11.1. The summed E-state index contributed by atoms with van der Waals surface area (Å²) in [6.45, 7) is 7.06. The number of hydrogen-bond donors (Lipinski definition) is 2. The van der Waals surface area contributed by atoms with E-state index in [-0.39, 0.29) is 5.91 Å². The standard InChI is InChI=1S/C24H32N4O3/c1-5-7-8-9-10-11-28(4)22-14-17-18(23(29)27-21(17)15-25-22)13-20-19(12-16(3)26-20)24(30)31-6-2/h12-15,26H,5-11H2,1-4H3,(H,27,29)/b18-13-. The van der Waals surface area contributed by atoms with Crippen LogP contribution in [0.3, 0.4) is 0 Å². The van der Waals surface area contributed by atoms with Crippen molar-refractivity contribution < 1.29 is 14.3 Å². The van der Waals surface area contributed by atoms with E-state index in [2.05, 4.69) is 27.1 Å². The van der Waals surface area contributed by atoms with Gasteiger partial charge in [-0.25, -0.2) is 9.78 Å². The van der Waals surface area contributed by atoms with Crippen LogP contribution in [0, 0.1) is 6.92 Å². The minimum Gasteiger partial charge on any atom is -0.462 e. The second-order valence-corrected chi connectivity index (χ2v) is 7.94. The predicted molar refractivity (Wildman–Crippen MR) is 124 cm³/mol. The lowest BCUT2D eigenvalue weighted by Gasteiger charge is -2.18. The number of carbonyl (C=O) groups excluding carboxylic acids is 2. The summed E-state index contributed by atoms with van der Waals surface area (Å²) in [5, 5.41) is 2.86. The van der Waals surface area contributed by atoms with Crippen molar-refractivity contribution in [3.63, 3.8) is 0 Å². The molecule has 2 N–H and O–H groups in total. The van der Waals surface area contributed by atoms with Crippen molar-refractivity contribution in [1.29, 1.82) is 0 Å². The highest BCUT2D eigenvalue weighted by molar-refractivity contribution is 6.35. The number of aryl methyl sites for hydroxylation is 1. The summed E-state index contributed by atoms with van der Waals surface area (Å²) < 4.78 is 5.15. The molecule has 0 aliphatic carbocycles. The number of nitrogens with one attached hydrogen (secondary N) is 2. The Labute approximate surface area is 183 Å². The van der Waals surface area contributed by atoms with Crippen molar-refractivity contribution in [2.24, 2.45) is 0 Å². The predicted octanol–water partition coefficient (Wildman–Crippen LogP) is 4.79. The Kier molecular flexibility index (Phi) is 7.50. The number of fused-ring (bicyclic) bond motifs is 1. The van der Waals surface area contributed by atoms with Crippen molar-refractivity contribution >= 4 is 35.0 Å². The number of aromatic nitrogens is 2. The molecule has 3 heterocycles. The zero-order valence-electron chi connectivity index (χ0n) is 18.9. The van der Waals surface area contributed by atoms with Crippen LogP contribution in [-0.4, -0.2) is 42.0 Å². The van der Waals surface area contributed by atoms with Gasteiger partial charge >= 0.3 is 5.97 Å². The van der Waals surface area contributed by atoms with Gasteiger partial charge in [-0.05, 0) is 38.5 Å². The number of esters is 1. The Bertz CT molecular complexity index is 977. The van der Waals surface area contributed by atoms with Crippen LogP contribution in [0.5, 0.6) is 0 Å². The Morgan fingerprint density at radius 2 is 1.97 bits per heavy atom. The molecule has 1 aliphatic heterocycles. The molecule has 2 aromatic rings. The summed E-state index contributed by atoms with van der Waals surface area (Å²) in [4.78, 5) is 34.8. The van der Waals surface area contributed by atoms with Gasteiger partial charge in [0.25, 0.3) is 5.91 Å². The molecule has 0 unspecified atom stereocenters. The number of carbonyl (C=O) groups is 2. The lowest BCUT2D eigenvalue weighted by molar-refractivity contribution is -0.110. The van der Waals surface area contributed by atoms with E-state index < -0.39 is 5.97 Å². The van der Waals surface area contributed by atoms with E-state index in [4.69, 9.17) is 4.74 Å². The number of ether oxygens (including phenoxy) is 1. The highest BCUT2D eigenvalue weighted by Crippen LogP contribution is 2.35. The largest absolute Gasteiger partial charge is 0.462 e. The van der Waals surface area contributed by atoms with Gasteiger partial charge in [-0.3, -0.25) is 4.79 Å². The lowest BCUT2D eigenvalue weighted by atomic mass is 10.1. The van der Waals surface area contributed by atoms with Gasteiger partial charge in [0, 0.05) is 24.8 Å². The average Bonchev–Trinajstić information content (AvgIpc) is 3.27. The third-order valence-electron chi connectivity index (χ3n) is 5.43. The first-order valence-electron chi connectivity index (χ1n) is 11.1. The molecule has 166 valence electrons. The van der Waals surface area contributed by atoms with Gasteiger partial charge in [-0.1, -0.05) is 32.6 Å². The molecule has 31 heavy (non-hydrogen) atoms. The number of unbranched alkanes of at least 4 members (excludes halogenated alkanes) is 4. The second kappa shape index (κ2) is 10.3. The van der Waals surface area contributed by atoms with E-state index in [1.165, 1.54) is 25.7 Å². The first kappa shape index (κ1) is 22.6. The summed E-state index contributed by atoms with van der Waals surface area (Å²) in [5.74, 6) is 0.207. The highest BCUT2D eigenvalue weighted by atomic mass is 16.5. The summed E-state index contributed by atoms with van der Waals surface area (Å²) in [5.41, 5.74) is 3.78. The van der Waals surface area contributed by atoms with Gasteiger partial charge in [0.1, 0.15) is 5.82 Å². The molecular formula is C24H32N4O3. The fourth-order valence-electron chi connectivity index (χ4n) is 3.74. The minimum atomic E-state index is -0.407. The molecule has 0 fully saturated rings. The lowest BCUT2D eigenvalue weighted by Crippen LogP contribution is -2.19. The van der Waals surface area contributed by atoms with Crippen molar-refractivity contribution in [2.45, 2.75) is 52.9 Å². The van der Waals surface area contributed by atoms with Gasteiger partial charge in [0.15, 0.2) is 0 Å². The molecule has 0 bridgehead atoms. The molecular weight excluding hydrogens is 392 g/mol. The molecule has 0 radical (unpaired) electrons. The maximum Gasteiger partial charge on any atom is 0.340 e. The number of hydrogen-bond acceptors (Lipinski definition) is 5. The molecule has 0 saturated heterocycles. The molecule has 0 atom stereocenters. The molecule has 2 aromatic heterocycles. The smallest absolute Gasteiger partial charge is 0.340 e. The van der Waals surface area contributed by atoms with E-state index in [9.17, 15) is 9.59 Å². The van der Waals surface area contributed by atoms with E-state index in [0.29, 0.717) is 29.1 Å². The maximum atomic E-state index is 12.7. The quantitative estimate of drug-likeness (QED) is 0.325. The zero-order valence-corrected chi connectivity index (χ0v) is 18.9. The Balaban J connectivity index is 1.84. The summed E-state index contributed by atoms with van der Waals surface area (Å²) in [6.07, 6.45) is 9.49. The van der Waals surface area contributed by atoms with E-state index in [0.717, 1.165) is 30.0 Å². The van der Waals surface area contributed by atoms with Crippen LogP contribution in [-0.2, 0) is 9.53 Å². The van der Waals surface area contributed by atoms with Crippen LogP contribution in [0.2, 0.25) is 0 Å². The first-order chi connectivity index (χ1) is 14.9. The van der Waals surface area contributed by atoms with Crippen molar-refractivity contribution in [3.8, 4) is 0 Å². The number of pyridine rings is 1. The third-order valence-corrected chi connectivity index (χ3v) is 5.43. The fourth-order valence-corrected chi connectivity index (χ4v) is 3.74. The molecule has 1 aliphatic rings. The van der Waals surface area contributed by atoms with E-state index >= 15 is 0 Å². The topological polar surface area (TPSA) is 87.3 Å². The number of amides is 1. The summed E-state index contributed by atoms with van der Waals surface area (Å²) in [7, 11) is 2.02. The zero-order chi connectivity index (χ0) is 22.4. The third kappa shape index (κ3) is 5.34. The van der Waals surface area contributed by atoms with E-state index in [1.807, 2.05) is 20.0 Å². The number of H-pyrrole nitrogens is 1. The number of anilines is 2. The Morgan fingerprint density at radius 1 is 1.19 bits per heavy atom. The van der Waals surface area contributed by atoms with Crippen molar-refractivity contribution in [2.75, 3.05) is 30.4 Å². The van der Waals surface area contributed by atoms with Crippen LogP contribution in [0.1, 0.15) is 73.3 Å². The van der Waals surface area contributed by atoms with Gasteiger partial charge < -0.3 is 19.9 Å². The normalized spacial score (nSPS) is 13.9. The second-order valence-electron chi connectivity index (χ2n) is 7.94. The molecule has 3 rings (SSSR count). The van der Waals surface area contributed by atoms with E-state index in [1.54, 1.807) is 25.3 Å². The van der Waals surface area contributed by atoms with Gasteiger partial charge in [0.2, 0.25) is 0 Å². The van der Waals surface area contributed by atoms with Gasteiger partial charge in [-0.15, -0.1) is 0 Å². The highest BCUT2D eigenvalue weighted by Gasteiger charge is 2.27. The minimum absolute atomic E-state index is 0.210. The number of aromatic amines is 1. The molecule has 0 spiro atoms. The van der Waals surface area contributed by atoms with Crippen LogP contribution < -0.4 is 10.2 Å². The van der Waals surface area contributed by atoms with Gasteiger partial charge in [-0.2, -0.15) is 0 Å². The van der Waals surface area contributed by atoms with Gasteiger partial charge in [0.05, 0.1) is 35.3 Å². The van der Waals surface area contributed by atoms with Crippen LogP contribution in [0.15, 0.2) is 18.3 Å². The average molecular weight is 425 g/mol. The van der Waals surface area contributed by atoms with Crippen molar-refractivity contribution in [1.82, 2.24) is 9.97 Å². The molecule has 0 saturated carbocycles. The summed E-state index contributed by atoms with van der Waals surface area (Å²) >= 11 is 0. The Morgan fingerprint density at radius 3 is 2.71 bits per heavy atom. The van der Waals surface area contributed by atoms with Crippen LogP contribution in [0.25, 0.3) is 11.6 Å². The number of rotatable bonds is 10. The monoisotopic (exact) mass is 424 g/mol. The molecule has 7 heteroatoms. The molecule has 7 nitrogen and oxygen atoms in total. The Hall–Kier alpha value is -3.09. The molecule has 0 aromatic carbocycles. The number of nitrogens with zero attached hydrogens (tertiary/aromatic N) is 2. The van der Waals surface area contributed by atoms with Crippen LogP contribution >= 0.6 is 0 Å². The fraction of sp³-hybridized carbons (Fsp3) is 0.458. The van der Waals surface area contributed by atoms with Crippen molar-refractivity contribution in [3.05, 3.63) is 40.8 Å². The maximum absolute atomic E-state index is 12.7. The summed E-state index contributed by atoms with van der Waals surface area (Å²) in [6, 6.07) is 3.67. The van der Waals surface area contributed by atoms with Crippen LogP contribution in [0.4, 0.5) is 11.5 Å². The SMILES string of the molecule is CCCCCCCN(C)c1cc2c(cn1)NC(=O)/C2=C\c1[nH]c(C)cc1C(=O)OCC. The molecule has 1 amide bonds.